The zero-order chi connectivity index (χ0) is 16.4. The molecule has 22 heavy (non-hydrogen) atoms. The van der Waals surface area contributed by atoms with E-state index in [9.17, 15) is 19.2 Å². The summed E-state index contributed by atoms with van der Waals surface area (Å²) in [6, 6.07) is 6.23. The number of fused-ring (bicyclic) bond motifs is 1. The fraction of sp³-hybridized carbons (Fsp3) is 0.250. The summed E-state index contributed by atoms with van der Waals surface area (Å²) >= 11 is 5.99. The minimum atomic E-state index is -1.33. The molecule has 1 aliphatic rings. The lowest BCUT2D eigenvalue weighted by molar-refractivity contribution is -0.148. The summed E-state index contributed by atoms with van der Waals surface area (Å²) in [5, 5.41) is -0.406. The van der Waals surface area contributed by atoms with Crippen molar-refractivity contribution in [2.75, 3.05) is 6.61 Å². The Kier molecular flexibility index (Phi) is 4.56. The first-order valence-corrected chi connectivity index (χ1v) is 7.03. The lowest BCUT2D eigenvalue weighted by Crippen LogP contribution is -2.31. The van der Waals surface area contributed by atoms with E-state index in [1.54, 1.807) is 25.1 Å². The second-order valence-electron chi connectivity index (χ2n) is 4.73. The van der Waals surface area contributed by atoms with Crippen molar-refractivity contribution in [1.29, 1.82) is 0 Å². The van der Waals surface area contributed by atoms with Gasteiger partial charge in [0.2, 0.25) is 11.6 Å². The van der Waals surface area contributed by atoms with Gasteiger partial charge >= 0.3 is 5.97 Å². The quantitative estimate of drug-likeness (QED) is 0.482. The SMILES string of the molecule is CCOC(=O)C(C(C)=O)C1=C(Cl)C(=O)C(=O)c2ccccc21. The second kappa shape index (κ2) is 6.23. The minimum Gasteiger partial charge on any atom is -0.465 e. The number of allylic oxidation sites excluding steroid dienone is 1. The Labute approximate surface area is 131 Å². The van der Waals surface area contributed by atoms with Gasteiger partial charge in [-0.25, -0.2) is 0 Å². The lowest BCUT2D eigenvalue weighted by Gasteiger charge is -2.23. The average Bonchev–Trinajstić information content (AvgIpc) is 2.49. The Bertz CT molecular complexity index is 717. The lowest BCUT2D eigenvalue weighted by atomic mass is 9.81. The Morgan fingerprint density at radius 2 is 1.73 bits per heavy atom. The molecule has 0 bridgehead atoms. The smallest absolute Gasteiger partial charge is 0.321 e. The highest BCUT2D eigenvalue weighted by atomic mass is 35.5. The van der Waals surface area contributed by atoms with Crippen LogP contribution in [0.4, 0.5) is 0 Å². The summed E-state index contributed by atoms with van der Waals surface area (Å²) in [5.41, 5.74) is 0.473. The first kappa shape index (κ1) is 16.1. The van der Waals surface area contributed by atoms with Crippen molar-refractivity contribution in [3.63, 3.8) is 0 Å². The van der Waals surface area contributed by atoms with Gasteiger partial charge in [0, 0.05) is 11.1 Å². The van der Waals surface area contributed by atoms with Crippen LogP contribution in [-0.4, -0.2) is 29.9 Å². The molecule has 2 rings (SSSR count). The number of carbonyl (C=O) groups is 4. The Morgan fingerprint density at radius 3 is 2.27 bits per heavy atom. The van der Waals surface area contributed by atoms with E-state index in [0.717, 1.165) is 0 Å². The van der Waals surface area contributed by atoms with E-state index in [1.165, 1.54) is 13.0 Å². The van der Waals surface area contributed by atoms with Gasteiger partial charge in [-0.15, -0.1) is 0 Å². The average molecular weight is 321 g/mol. The Morgan fingerprint density at radius 1 is 1.14 bits per heavy atom. The first-order chi connectivity index (χ1) is 10.4. The maximum Gasteiger partial charge on any atom is 0.321 e. The van der Waals surface area contributed by atoms with Gasteiger partial charge < -0.3 is 4.74 Å². The van der Waals surface area contributed by atoms with Crippen molar-refractivity contribution >= 4 is 40.5 Å². The van der Waals surface area contributed by atoms with E-state index in [0.29, 0.717) is 5.56 Å². The summed E-state index contributed by atoms with van der Waals surface area (Å²) in [6.07, 6.45) is 0. The third kappa shape index (κ3) is 2.60. The zero-order valence-electron chi connectivity index (χ0n) is 12.0. The molecule has 6 heteroatoms. The molecule has 5 nitrogen and oxygen atoms in total. The molecular formula is C16H13ClO5. The summed E-state index contributed by atoms with van der Waals surface area (Å²) in [5.74, 6) is -4.31. The van der Waals surface area contributed by atoms with Crippen LogP contribution in [0.1, 0.15) is 29.8 Å². The summed E-state index contributed by atoms with van der Waals surface area (Å²) in [4.78, 5) is 48.0. The number of carbonyl (C=O) groups excluding carboxylic acids is 4. The molecule has 0 amide bonds. The highest BCUT2D eigenvalue weighted by molar-refractivity contribution is 6.64. The maximum atomic E-state index is 12.1. The topological polar surface area (TPSA) is 77.5 Å². The normalized spacial score (nSPS) is 15.4. The van der Waals surface area contributed by atoms with Gasteiger partial charge in [0.1, 0.15) is 11.7 Å². The number of halogens is 1. The number of benzene rings is 1. The zero-order valence-corrected chi connectivity index (χ0v) is 12.8. The van der Waals surface area contributed by atoms with Crippen LogP contribution in [0, 0.1) is 5.92 Å². The number of ketones is 3. The fourth-order valence-electron chi connectivity index (χ4n) is 2.37. The van der Waals surface area contributed by atoms with Gasteiger partial charge in [-0.3, -0.25) is 19.2 Å². The van der Waals surface area contributed by atoms with Crippen molar-refractivity contribution in [1.82, 2.24) is 0 Å². The van der Waals surface area contributed by atoms with E-state index in [-0.39, 0.29) is 17.7 Å². The molecular weight excluding hydrogens is 308 g/mol. The number of rotatable bonds is 4. The molecule has 0 spiro atoms. The van der Waals surface area contributed by atoms with Crippen LogP contribution in [-0.2, 0) is 19.1 Å². The standard InChI is InChI=1S/C16H13ClO5/c1-3-22-16(21)11(8(2)18)12-9-6-4-5-7-10(9)14(19)15(20)13(12)17/h4-7,11H,3H2,1-2H3. The fourth-order valence-corrected chi connectivity index (χ4v) is 2.67. The highest BCUT2D eigenvalue weighted by Gasteiger charge is 2.40. The maximum absolute atomic E-state index is 12.1. The minimum absolute atomic E-state index is 0.0350. The number of esters is 1. The molecule has 0 radical (unpaired) electrons. The number of hydrogen-bond acceptors (Lipinski definition) is 5. The Hall–Kier alpha value is -2.27. The van der Waals surface area contributed by atoms with Crippen LogP contribution in [0.2, 0.25) is 0 Å². The van der Waals surface area contributed by atoms with Gasteiger partial charge in [-0.05, 0) is 19.4 Å². The molecule has 1 atom stereocenters. The molecule has 0 heterocycles. The van der Waals surface area contributed by atoms with Crippen molar-refractivity contribution in [2.45, 2.75) is 13.8 Å². The molecule has 1 aromatic carbocycles. The predicted molar refractivity (Wildman–Crippen MR) is 79.4 cm³/mol. The molecule has 0 N–H and O–H groups in total. The van der Waals surface area contributed by atoms with Crippen LogP contribution < -0.4 is 0 Å². The third-order valence-corrected chi connectivity index (χ3v) is 3.70. The number of hydrogen-bond donors (Lipinski definition) is 0. The molecule has 1 aliphatic carbocycles. The first-order valence-electron chi connectivity index (χ1n) is 6.65. The molecule has 0 fully saturated rings. The van der Waals surface area contributed by atoms with Crippen LogP contribution in [0.5, 0.6) is 0 Å². The Balaban J connectivity index is 2.69. The predicted octanol–water partition coefficient (Wildman–Crippen LogP) is 2.17. The van der Waals surface area contributed by atoms with Crippen LogP contribution in [0.15, 0.2) is 29.3 Å². The van der Waals surface area contributed by atoms with E-state index in [2.05, 4.69) is 0 Å². The third-order valence-electron chi connectivity index (χ3n) is 3.32. The van der Waals surface area contributed by atoms with E-state index >= 15 is 0 Å². The molecule has 1 aromatic rings. The van der Waals surface area contributed by atoms with E-state index < -0.39 is 34.3 Å². The van der Waals surface area contributed by atoms with Crippen molar-refractivity contribution < 1.29 is 23.9 Å². The molecule has 1 unspecified atom stereocenters. The number of ether oxygens (including phenoxy) is 1. The molecule has 0 saturated carbocycles. The van der Waals surface area contributed by atoms with Gasteiger partial charge in [0.05, 0.1) is 11.6 Å². The molecule has 0 aromatic heterocycles. The molecule has 0 saturated heterocycles. The molecule has 114 valence electrons. The summed E-state index contributed by atoms with van der Waals surface area (Å²) in [6.45, 7) is 2.90. The van der Waals surface area contributed by atoms with Gasteiger partial charge in [0.25, 0.3) is 0 Å². The van der Waals surface area contributed by atoms with Crippen LogP contribution >= 0.6 is 11.6 Å². The highest BCUT2D eigenvalue weighted by Crippen LogP contribution is 2.37. The van der Waals surface area contributed by atoms with Gasteiger partial charge in [0.15, 0.2) is 0 Å². The van der Waals surface area contributed by atoms with Gasteiger partial charge in [-0.1, -0.05) is 35.9 Å². The van der Waals surface area contributed by atoms with Gasteiger partial charge in [-0.2, -0.15) is 0 Å². The van der Waals surface area contributed by atoms with Crippen LogP contribution in [0.25, 0.3) is 5.57 Å². The number of Topliss-reactive ketones (excluding diaryl/α,β-unsaturated/α-hetero) is 3. The summed E-state index contributed by atoms with van der Waals surface area (Å²) < 4.78 is 4.90. The molecule has 0 aliphatic heterocycles. The summed E-state index contributed by atoms with van der Waals surface area (Å²) in [7, 11) is 0. The van der Waals surface area contributed by atoms with E-state index in [4.69, 9.17) is 16.3 Å². The van der Waals surface area contributed by atoms with E-state index in [1.807, 2.05) is 0 Å². The largest absolute Gasteiger partial charge is 0.465 e. The second-order valence-corrected chi connectivity index (χ2v) is 5.11. The monoisotopic (exact) mass is 320 g/mol. The van der Waals surface area contributed by atoms with Crippen molar-refractivity contribution in [3.8, 4) is 0 Å². The van der Waals surface area contributed by atoms with Crippen LogP contribution in [0.3, 0.4) is 0 Å². The van der Waals surface area contributed by atoms with Crippen molar-refractivity contribution in [3.05, 3.63) is 40.4 Å². The van der Waals surface area contributed by atoms with Crippen molar-refractivity contribution in [2.24, 2.45) is 5.92 Å².